The van der Waals surface area contributed by atoms with Gasteiger partial charge in [0.05, 0.1) is 17.6 Å². The first-order chi connectivity index (χ1) is 14.1. The van der Waals surface area contributed by atoms with Crippen LogP contribution in [0.4, 0.5) is 11.4 Å². The van der Waals surface area contributed by atoms with Crippen LogP contribution >= 0.6 is 15.9 Å². The van der Waals surface area contributed by atoms with Crippen molar-refractivity contribution in [3.63, 3.8) is 0 Å². The van der Waals surface area contributed by atoms with E-state index in [0.29, 0.717) is 11.4 Å². The normalized spacial score (nSPS) is 23.7. The average molecular weight is 453 g/mol. The second kappa shape index (κ2) is 6.86. The van der Waals surface area contributed by atoms with Crippen LogP contribution < -0.4 is 9.96 Å². The topological polar surface area (TPSA) is 63.0 Å². The van der Waals surface area contributed by atoms with Gasteiger partial charge in [0, 0.05) is 4.47 Å². The number of nitrogens with zero attached hydrogens (tertiary/aromatic N) is 2. The standard InChI is InChI=1S/C22H17BrN2O4/c1-13-5-2-3-6-16(13)25-19(17-7-4-12-28-17)18-20(29-25)22(27)24(21(18)26)15-10-8-14(23)9-11-15/h2-12,18-20H,1H3/t18-,19-,20-/m0/s1. The van der Waals surface area contributed by atoms with Crippen LogP contribution in [0.15, 0.2) is 75.8 Å². The maximum Gasteiger partial charge on any atom is 0.266 e. The number of rotatable bonds is 3. The van der Waals surface area contributed by atoms with Gasteiger partial charge in [-0.05, 0) is 55.0 Å². The molecule has 2 amide bonds. The van der Waals surface area contributed by atoms with Crippen LogP contribution in [0, 0.1) is 12.8 Å². The summed E-state index contributed by atoms with van der Waals surface area (Å²) in [5.74, 6) is -0.772. The molecule has 0 bridgehead atoms. The molecule has 3 heterocycles. The number of carbonyl (C=O) groups excluding carboxylic acids is 2. The molecule has 29 heavy (non-hydrogen) atoms. The first kappa shape index (κ1) is 18.1. The molecule has 0 unspecified atom stereocenters. The molecule has 2 aliphatic rings. The molecular formula is C22H17BrN2O4. The zero-order valence-corrected chi connectivity index (χ0v) is 17.1. The van der Waals surface area contributed by atoms with Crippen LogP contribution in [0.5, 0.6) is 0 Å². The number of hydroxylamine groups is 1. The molecule has 0 spiro atoms. The molecule has 3 atom stereocenters. The van der Waals surface area contributed by atoms with E-state index < -0.39 is 18.1 Å². The lowest BCUT2D eigenvalue weighted by atomic mass is 9.94. The number of amides is 2. The Labute approximate surface area is 175 Å². The maximum absolute atomic E-state index is 13.4. The number of anilines is 2. The Morgan fingerprint density at radius 3 is 2.38 bits per heavy atom. The molecule has 0 N–H and O–H groups in total. The van der Waals surface area contributed by atoms with E-state index in [2.05, 4.69) is 15.9 Å². The Morgan fingerprint density at radius 2 is 1.69 bits per heavy atom. The van der Waals surface area contributed by atoms with E-state index >= 15 is 0 Å². The van der Waals surface area contributed by atoms with Crippen molar-refractivity contribution >= 4 is 39.1 Å². The van der Waals surface area contributed by atoms with Crippen LogP contribution in [0.3, 0.4) is 0 Å². The number of hydrogen-bond donors (Lipinski definition) is 0. The van der Waals surface area contributed by atoms with Gasteiger partial charge in [-0.1, -0.05) is 34.1 Å². The third-order valence-corrected chi connectivity index (χ3v) is 5.92. The van der Waals surface area contributed by atoms with Gasteiger partial charge in [-0.3, -0.25) is 14.4 Å². The first-order valence-corrected chi connectivity index (χ1v) is 10.0. The van der Waals surface area contributed by atoms with Crippen molar-refractivity contribution in [1.29, 1.82) is 0 Å². The maximum atomic E-state index is 13.4. The number of hydrogen-bond acceptors (Lipinski definition) is 5. The Hall–Kier alpha value is -2.90. The van der Waals surface area contributed by atoms with Gasteiger partial charge >= 0.3 is 0 Å². The number of furan rings is 1. The fraction of sp³-hybridized carbons (Fsp3) is 0.182. The van der Waals surface area contributed by atoms with Crippen molar-refractivity contribution in [3.05, 3.63) is 82.7 Å². The molecule has 146 valence electrons. The Bertz CT molecular complexity index is 1080. The highest BCUT2D eigenvalue weighted by molar-refractivity contribution is 9.10. The molecular weight excluding hydrogens is 436 g/mol. The predicted molar refractivity (Wildman–Crippen MR) is 110 cm³/mol. The number of halogens is 1. The molecule has 2 aliphatic heterocycles. The zero-order valence-electron chi connectivity index (χ0n) is 15.5. The summed E-state index contributed by atoms with van der Waals surface area (Å²) in [7, 11) is 0. The number of benzene rings is 2. The highest BCUT2D eigenvalue weighted by Crippen LogP contribution is 2.48. The van der Waals surface area contributed by atoms with Gasteiger partial charge < -0.3 is 4.42 Å². The lowest BCUT2D eigenvalue weighted by molar-refractivity contribution is -0.126. The first-order valence-electron chi connectivity index (χ1n) is 9.24. The van der Waals surface area contributed by atoms with Gasteiger partial charge in [-0.25, -0.2) is 9.96 Å². The van der Waals surface area contributed by atoms with E-state index in [9.17, 15) is 9.59 Å². The van der Waals surface area contributed by atoms with Crippen molar-refractivity contribution in [2.24, 2.45) is 5.92 Å². The number of fused-ring (bicyclic) bond motifs is 1. The van der Waals surface area contributed by atoms with Crippen LogP contribution in [-0.2, 0) is 14.4 Å². The summed E-state index contributed by atoms with van der Waals surface area (Å²) in [6, 6.07) is 17.8. The number of aryl methyl sites for hydroxylation is 1. The summed E-state index contributed by atoms with van der Waals surface area (Å²) in [5, 5.41) is 1.65. The Balaban J connectivity index is 1.58. The molecule has 0 saturated carbocycles. The van der Waals surface area contributed by atoms with Crippen LogP contribution in [0.25, 0.3) is 0 Å². The van der Waals surface area contributed by atoms with Gasteiger partial charge in [0.1, 0.15) is 17.7 Å². The largest absolute Gasteiger partial charge is 0.467 e. The van der Waals surface area contributed by atoms with E-state index in [1.54, 1.807) is 41.7 Å². The molecule has 0 radical (unpaired) electrons. The molecule has 3 aromatic rings. The zero-order chi connectivity index (χ0) is 20.1. The van der Waals surface area contributed by atoms with Crippen molar-refractivity contribution < 1.29 is 18.8 Å². The van der Waals surface area contributed by atoms with Gasteiger partial charge in [0.15, 0.2) is 6.10 Å². The van der Waals surface area contributed by atoms with Crippen molar-refractivity contribution in [3.8, 4) is 0 Å². The monoisotopic (exact) mass is 452 g/mol. The van der Waals surface area contributed by atoms with E-state index in [-0.39, 0.29) is 11.8 Å². The quantitative estimate of drug-likeness (QED) is 0.551. The summed E-state index contributed by atoms with van der Waals surface area (Å²) in [4.78, 5) is 33.9. The molecule has 5 rings (SSSR count). The average Bonchev–Trinajstić information content (AvgIpc) is 3.41. The fourth-order valence-corrected chi connectivity index (χ4v) is 4.29. The highest BCUT2D eigenvalue weighted by atomic mass is 79.9. The summed E-state index contributed by atoms with van der Waals surface area (Å²) < 4.78 is 6.52. The molecule has 0 aliphatic carbocycles. The third kappa shape index (κ3) is 2.81. The van der Waals surface area contributed by atoms with Gasteiger partial charge in [-0.15, -0.1) is 0 Å². The third-order valence-electron chi connectivity index (χ3n) is 5.39. The number of para-hydroxylation sites is 1. The summed E-state index contributed by atoms with van der Waals surface area (Å²) in [5.41, 5.74) is 2.31. The van der Waals surface area contributed by atoms with Gasteiger partial charge in [0.25, 0.3) is 5.91 Å². The summed E-state index contributed by atoms with van der Waals surface area (Å²) >= 11 is 3.38. The lowest BCUT2D eigenvalue weighted by Gasteiger charge is -2.28. The lowest BCUT2D eigenvalue weighted by Crippen LogP contribution is -2.37. The van der Waals surface area contributed by atoms with Crippen LogP contribution in [0.2, 0.25) is 0 Å². The van der Waals surface area contributed by atoms with Crippen LogP contribution in [0.1, 0.15) is 17.4 Å². The minimum absolute atomic E-state index is 0.292. The minimum atomic E-state index is -0.902. The SMILES string of the molecule is Cc1ccccc1N1O[C@@H]2C(=O)N(c3ccc(Br)cc3)C(=O)[C@H]2[C@@H]1c1ccco1. The molecule has 2 saturated heterocycles. The van der Waals surface area contributed by atoms with Gasteiger partial charge in [0.2, 0.25) is 5.91 Å². The van der Waals surface area contributed by atoms with Gasteiger partial charge in [-0.2, -0.15) is 0 Å². The van der Waals surface area contributed by atoms with E-state index in [0.717, 1.165) is 15.7 Å². The molecule has 2 aromatic carbocycles. The number of imide groups is 1. The molecule has 1 aromatic heterocycles. The molecule has 6 nitrogen and oxygen atoms in total. The summed E-state index contributed by atoms with van der Waals surface area (Å²) in [6.07, 6.45) is 0.660. The van der Waals surface area contributed by atoms with Crippen molar-refractivity contribution in [2.75, 3.05) is 9.96 Å². The minimum Gasteiger partial charge on any atom is -0.467 e. The second-order valence-corrected chi connectivity index (χ2v) is 8.03. The van der Waals surface area contributed by atoms with E-state index in [1.807, 2.05) is 37.3 Å². The molecule has 7 heteroatoms. The Morgan fingerprint density at radius 1 is 0.931 bits per heavy atom. The highest BCUT2D eigenvalue weighted by Gasteiger charge is 2.61. The van der Waals surface area contributed by atoms with Crippen molar-refractivity contribution in [2.45, 2.75) is 19.1 Å². The summed E-state index contributed by atoms with van der Waals surface area (Å²) in [6.45, 7) is 1.96. The Kier molecular flexibility index (Phi) is 4.29. The predicted octanol–water partition coefficient (Wildman–Crippen LogP) is 4.40. The fourth-order valence-electron chi connectivity index (χ4n) is 4.03. The van der Waals surface area contributed by atoms with Crippen molar-refractivity contribution in [1.82, 2.24) is 0 Å². The van der Waals surface area contributed by atoms with Crippen LogP contribution in [-0.4, -0.2) is 17.9 Å². The van der Waals surface area contributed by atoms with E-state index in [1.165, 1.54) is 4.90 Å². The smallest absolute Gasteiger partial charge is 0.266 e. The molecule has 2 fully saturated rings. The van der Waals surface area contributed by atoms with E-state index in [4.69, 9.17) is 9.25 Å². The second-order valence-electron chi connectivity index (χ2n) is 7.11. The number of carbonyl (C=O) groups is 2.